The van der Waals surface area contributed by atoms with Gasteiger partial charge in [0.15, 0.2) is 5.65 Å². The quantitative estimate of drug-likeness (QED) is 0.363. The first-order valence-corrected chi connectivity index (χ1v) is 7.28. The van der Waals surface area contributed by atoms with Gasteiger partial charge < -0.3 is 20.1 Å². The van der Waals surface area contributed by atoms with Gasteiger partial charge in [-0.15, -0.1) is 0 Å². The zero-order valence-corrected chi connectivity index (χ0v) is 12.6. The first-order chi connectivity index (χ1) is 11.7. The molecule has 0 aromatic carbocycles. The van der Waals surface area contributed by atoms with E-state index < -0.39 is 11.2 Å². The molecule has 126 valence electrons. The largest absolute Gasteiger partial charge is 0.394 e. The second-order valence-corrected chi connectivity index (χ2v) is 4.91. The van der Waals surface area contributed by atoms with Crippen LogP contribution in [-0.2, 0) is 4.74 Å². The Morgan fingerprint density at radius 3 is 2.79 bits per heavy atom. The Kier molecular flexibility index (Phi) is 4.68. The third kappa shape index (κ3) is 3.50. The Balaban J connectivity index is 1.73. The summed E-state index contributed by atoms with van der Waals surface area (Å²) in [6.45, 7) is 1.33. The third-order valence-electron chi connectivity index (χ3n) is 3.21. The highest BCUT2D eigenvalue weighted by molar-refractivity contribution is 5.74. The van der Waals surface area contributed by atoms with E-state index in [2.05, 4.69) is 30.2 Å². The Labute approximate surface area is 134 Å². The molecule has 0 radical (unpaired) electrons. The summed E-state index contributed by atoms with van der Waals surface area (Å²) in [7, 11) is 0. The van der Waals surface area contributed by atoms with Crippen LogP contribution >= 0.6 is 0 Å². The van der Waals surface area contributed by atoms with E-state index >= 15 is 0 Å². The van der Waals surface area contributed by atoms with Gasteiger partial charge in [-0.05, 0) is 12.1 Å². The SMILES string of the molecule is O=c1[nH]c(=O)c2[nH]c(-c3ccc(NCCOCCO)nc3)nc2[nH]1. The number of H-pyrrole nitrogens is 3. The molecule has 0 saturated carbocycles. The summed E-state index contributed by atoms with van der Waals surface area (Å²) in [5, 5.41) is 11.7. The molecule has 0 atom stereocenters. The Bertz CT molecular complexity index is 927. The lowest BCUT2D eigenvalue weighted by molar-refractivity contribution is 0.0992. The van der Waals surface area contributed by atoms with Gasteiger partial charge in [0, 0.05) is 18.3 Å². The fourth-order valence-corrected chi connectivity index (χ4v) is 2.13. The number of aromatic nitrogens is 5. The maximum atomic E-state index is 11.7. The topological polar surface area (TPSA) is 149 Å². The molecule has 0 aliphatic carbocycles. The van der Waals surface area contributed by atoms with Crippen molar-refractivity contribution in [3.05, 3.63) is 39.2 Å². The lowest BCUT2D eigenvalue weighted by atomic mass is 10.2. The number of aromatic amines is 3. The molecule has 3 aromatic rings. The number of hydrogen-bond donors (Lipinski definition) is 5. The van der Waals surface area contributed by atoms with Gasteiger partial charge >= 0.3 is 5.69 Å². The van der Waals surface area contributed by atoms with Gasteiger partial charge in [0.2, 0.25) is 0 Å². The number of hydrogen-bond acceptors (Lipinski definition) is 7. The van der Waals surface area contributed by atoms with E-state index in [9.17, 15) is 9.59 Å². The van der Waals surface area contributed by atoms with Crippen LogP contribution in [-0.4, -0.2) is 56.4 Å². The number of imidazole rings is 1. The summed E-state index contributed by atoms with van der Waals surface area (Å²) < 4.78 is 5.14. The third-order valence-corrected chi connectivity index (χ3v) is 3.21. The second-order valence-electron chi connectivity index (χ2n) is 4.91. The van der Waals surface area contributed by atoms with Crippen LogP contribution in [0.4, 0.5) is 5.82 Å². The number of ether oxygens (including phenoxy) is 1. The minimum atomic E-state index is -0.605. The van der Waals surface area contributed by atoms with Crippen LogP contribution in [0.15, 0.2) is 27.9 Å². The highest BCUT2D eigenvalue weighted by Crippen LogP contribution is 2.17. The van der Waals surface area contributed by atoms with Crippen LogP contribution in [0.25, 0.3) is 22.6 Å². The van der Waals surface area contributed by atoms with Crippen molar-refractivity contribution in [2.75, 3.05) is 31.7 Å². The predicted octanol–water partition coefficient (Wildman–Crippen LogP) is -0.578. The van der Waals surface area contributed by atoms with Crippen molar-refractivity contribution >= 4 is 17.0 Å². The molecule has 3 heterocycles. The number of pyridine rings is 1. The van der Waals surface area contributed by atoms with Crippen molar-refractivity contribution < 1.29 is 9.84 Å². The van der Waals surface area contributed by atoms with Crippen LogP contribution in [0.5, 0.6) is 0 Å². The summed E-state index contributed by atoms with van der Waals surface area (Å²) in [6.07, 6.45) is 1.60. The van der Waals surface area contributed by atoms with Crippen molar-refractivity contribution in [2.24, 2.45) is 0 Å². The molecule has 5 N–H and O–H groups in total. The first-order valence-electron chi connectivity index (χ1n) is 7.28. The van der Waals surface area contributed by atoms with Gasteiger partial charge in [-0.25, -0.2) is 14.8 Å². The van der Waals surface area contributed by atoms with E-state index in [1.54, 1.807) is 18.3 Å². The van der Waals surface area contributed by atoms with E-state index in [-0.39, 0.29) is 17.8 Å². The normalized spacial score (nSPS) is 11.0. The average Bonchev–Trinajstić information content (AvgIpc) is 2.99. The molecular weight excluding hydrogens is 316 g/mol. The molecule has 10 heteroatoms. The Hall–Kier alpha value is -2.98. The number of anilines is 1. The zero-order valence-electron chi connectivity index (χ0n) is 12.6. The van der Waals surface area contributed by atoms with E-state index in [1.165, 1.54) is 0 Å². The van der Waals surface area contributed by atoms with Crippen molar-refractivity contribution in [3.63, 3.8) is 0 Å². The highest BCUT2D eigenvalue weighted by atomic mass is 16.5. The first kappa shape index (κ1) is 15.9. The van der Waals surface area contributed by atoms with Crippen molar-refractivity contribution in [1.82, 2.24) is 24.9 Å². The van der Waals surface area contributed by atoms with Crippen molar-refractivity contribution in [1.29, 1.82) is 0 Å². The molecule has 3 rings (SSSR count). The molecule has 0 bridgehead atoms. The molecule has 0 amide bonds. The van der Waals surface area contributed by atoms with Crippen LogP contribution < -0.4 is 16.6 Å². The molecule has 10 nitrogen and oxygen atoms in total. The van der Waals surface area contributed by atoms with Gasteiger partial charge in [-0.2, -0.15) is 0 Å². The van der Waals surface area contributed by atoms with E-state index in [4.69, 9.17) is 9.84 Å². The number of aliphatic hydroxyl groups excluding tert-OH is 1. The maximum absolute atomic E-state index is 11.7. The van der Waals surface area contributed by atoms with Gasteiger partial charge in [0.1, 0.15) is 17.2 Å². The fraction of sp³-hybridized carbons (Fsp3) is 0.286. The molecule has 0 spiro atoms. The number of fused-ring (bicyclic) bond motifs is 1. The molecule has 0 fully saturated rings. The van der Waals surface area contributed by atoms with Crippen LogP contribution in [0.3, 0.4) is 0 Å². The summed E-state index contributed by atoms with van der Waals surface area (Å²) >= 11 is 0. The van der Waals surface area contributed by atoms with Gasteiger partial charge in [-0.1, -0.05) is 0 Å². The Morgan fingerprint density at radius 2 is 2.04 bits per heavy atom. The lowest BCUT2D eigenvalue weighted by Gasteiger charge is -2.06. The number of rotatable bonds is 7. The van der Waals surface area contributed by atoms with Crippen LogP contribution in [0.1, 0.15) is 0 Å². The smallest absolute Gasteiger partial charge is 0.327 e. The Morgan fingerprint density at radius 1 is 1.17 bits per heavy atom. The van der Waals surface area contributed by atoms with Crippen molar-refractivity contribution in [2.45, 2.75) is 0 Å². The summed E-state index contributed by atoms with van der Waals surface area (Å²) in [4.78, 5) is 38.8. The number of nitrogens with zero attached hydrogens (tertiary/aromatic N) is 2. The van der Waals surface area contributed by atoms with Gasteiger partial charge in [-0.3, -0.25) is 14.8 Å². The second kappa shape index (κ2) is 7.06. The minimum Gasteiger partial charge on any atom is -0.394 e. The van der Waals surface area contributed by atoms with E-state index in [1.807, 2.05) is 0 Å². The molecule has 0 saturated heterocycles. The monoisotopic (exact) mass is 332 g/mol. The standard InChI is InChI=1S/C14H16N6O4/c21-4-6-24-5-3-15-9-2-1-8(7-16-9)11-17-10-12(18-11)19-14(23)20-13(10)22/h1-2,7,21H,3-6H2,(H,15,16)(H3,17,18,19,20,22,23). The van der Waals surface area contributed by atoms with Gasteiger partial charge in [0.25, 0.3) is 5.56 Å². The molecule has 24 heavy (non-hydrogen) atoms. The van der Waals surface area contributed by atoms with Crippen LogP contribution in [0.2, 0.25) is 0 Å². The lowest BCUT2D eigenvalue weighted by Crippen LogP contribution is -2.21. The highest BCUT2D eigenvalue weighted by Gasteiger charge is 2.09. The number of nitrogens with one attached hydrogen (secondary N) is 4. The molecule has 0 unspecified atom stereocenters. The number of aliphatic hydroxyl groups is 1. The molecule has 3 aromatic heterocycles. The molecular formula is C14H16N6O4. The summed E-state index contributed by atoms with van der Waals surface area (Å²) in [5.74, 6) is 1.09. The minimum absolute atomic E-state index is 0.00144. The molecule has 0 aliphatic rings. The van der Waals surface area contributed by atoms with E-state index in [0.717, 1.165) is 0 Å². The average molecular weight is 332 g/mol. The fourth-order valence-electron chi connectivity index (χ4n) is 2.13. The maximum Gasteiger partial charge on any atom is 0.327 e. The van der Waals surface area contributed by atoms with E-state index in [0.29, 0.717) is 37.0 Å². The van der Waals surface area contributed by atoms with Gasteiger partial charge in [0.05, 0.1) is 19.8 Å². The summed E-state index contributed by atoms with van der Waals surface area (Å²) in [6, 6.07) is 3.55. The zero-order chi connectivity index (χ0) is 16.9. The molecule has 0 aliphatic heterocycles. The summed E-state index contributed by atoms with van der Waals surface area (Å²) in [5.41, 5.74) is -0.0587. The van der Waals surface area contributed by atoms with Crippen molar-refractivity contribution in [3.8, 4) is 11.4 Å². The predicted molar refractivity (Wildman–Crippen MR) is 87.0 cm³/mol. The van der Waals surface area contributed by atoms with Crippen LogP contribution in [0, 0.1) is 0 Å².